The van der Waals surface area contributed by atoms with Crippen LogP contribution in [0.3, 0.4) is 0 Å². The SMILES string of the molecule is CC(C)Cc1ccc(C(C)NC(=NCC(=O)N(C)C)NCCCN2CCOCC2)cc1.I. The van der Waals surface area contributed by atoms with E-state index in [0.29, 0.717) is 11.9 Å². The first-order valence-electron chi connectivity index (χ1n) is 11.5. The quantitative estimate of drug-likeness (QED) is 0.200. The molecule has 0 aromatic heterocycles. The Labute approximate surface area is 211 Å². The summed E-state index contributed by atoms with van der Waals surface area (Å²) in [6.45, 7) is 12.2. The Morgan fingerprint density at radius 1 is 1.16 bits per heavy atom. The van der Waals surface area contributed by atoms with Crippen LogP contribution in [-0.2, 0) is 16.0 Å². The van der Waals surface area contributed by atoms with Gasteiger partial charge in [0.05, 0.1) is 19.3 Å². The zero-order valence-corrected chi connectivity index (χ0v) is 22.7. The van der Waals surface area contributed by atoms with Crippen LogP contribution in [0.1, 0.15) is 44.4 Å². The molecule has 1 saturated heterocycles. The Kier molecular flexibility index (Phi) is 13.8. The second kappa shape index (κ2) is 15.4. The molecular formula is C24H42IN5O2. The number of amides is 1. The minimum atomic E-state index is -0.0138. The van der Waals surface area contributed by atoms with Crippen molar-refractivity contribution in [2.24, 2.45) is 10.9 Å². The molecule has 32 heavy (non-hydrogen) atoms. The average Bonchev–Trinajstić information content (AvgIpc) is 2.75. The van der Waals surface area contributed by atoms with Crippen LogP contribution in [0.4, 0.5) is 0 Å². The van der Waals surface area contributed by atoms with Crippen molar-refractivity contribution in [2.45, 2.75) is 39.7 Å². The number of likely N-dealkylation sites (N-methyl/N-ethyl adjacent to an activating group) is 1. The maximum atomic E-state index is 12.0. The number of guanidine groups is 1. The van der Waals surface area contributed by atoms with Crippen LogP contribution in [0.25, 0.3) is 0 Å². The van der Waals surface area contributed by atoms with Crippen LogP contribution >= 0.6 is 24.0 Å². The third-order valence-electron chi connectivity index (χ3n) is 5.40. The molecule has 1 unspecified atom stereocenters. The lowest BCUT2D eigenvalue weighted by molar-refractivity contribution is -0.127. The predicted octanol–water partition coefficient (Wildman–Crippen LogP) is 2.91. The third-order valence-corrected chi connectivity index (χ3v) is 5.40. The monoisotopic (exact) mass is 559 g/mol. The van der Waals surface area contributed by atoms with E-state index in [-0.39, 0.29) is 42.5 Å². The average molecular weight is 560 g/mol. The molecule has 2 rings (SSSR count). The number of morpholine rings is 1. The number of hydrogen-bond acceptors (Lipinski definition) is 4. The van der Waals surface area contributed by atoms with E-state index in [2.05, 4.69) is 65.6 Å². The molecule has 1 atom stereocenters. The summed E-state index contributed by atoms with van der Waals surface area (Å²) in [5.41, 5.74) is 2.56. The summed E-state index contributed by atoms with van der Waals surface area (Å²) in [6, 6.07) is 8.85. The van der Waals surface area contributed by atoms with E-state index < -0.39 is 0 Å². The van der Waals surface area contributed by atoms with Gasteiger partial charge in [-0.15, -0.1) is 24.0 Å². The molecule has 0 saturated carbocycles. The zero-order chi connectivity index (χ0) is 22.6. The number of aliphatic imine (C=N–C) groups is 1. The summed E-state index contributed by atoms with van der Waals surface area (Å²) in [6.07, 6.45) is 2.10. The standard InChI is InChI=1S/C24H41N5O2.HI/c1-19(2)17-21-7-9-22(10-8-21)20(3)27-24(26-18-23(30)28(4)5)25-11-6-12-29-13-15-31-16-14-29;/h7-10,19-20H,6,11-18H2,1-5H3,(H2,25,26,27);1H. The Bertz CT molecular complexity index is 688. The smallest absolute Gasteiger partial charge is 0.243 e. The van der Waals surface area contributed by atoms with Crippen molar-refractivity contribution in [2.75, 3.05) is 60.0 Å². The van der Waals surface area contributed by atoms with Crippen LogP contribution in [0.15, 0.2) is 29.3 Å². The van der Waals surface area contributed by atoms with Gasteiger partial charge in [-0.2, -0.15) is 0 Å². The van der Waals surface area contributed by atoms with Crippen LogP contribution < -0.4 is 10.6 Å². The minimum absolute atomic E-state index is 0. The van der Waals surface area contributed by atoms with Gasteiger partial charge in [0.1, 0.15) is 6.54 Å². The van der Waals surface area contributed by atoms with Crippen LogP contribution in [0.5, 0.6) is 0 Å². The Morgan fingerprint density at radius 3 is 2.41 bits per heavy atom. The summed E-state index contributed by atoms with van der Waals surface area (Å²) < 4.78 is 5.41. The molecule has 0 bridgehead atoms. The van der Waals surface area contributed by atoms with E-state index in [0.717, 1.165) is 52.2 Å². The normalized spacial score (nSPS) is 15.8. The summed E-state index contributed by atoms with van der Waals surface area (Å²) in [5, 5.41) is 6.86. The molecule has 1 heterocycles. The topological polar surface area (TPSA) is 69.2 Å². The highest BCUT2D eigenvalue weighted by Crippen LogP contribution is 2.15. The number of carbonyl (C=O) groups excluding carboxylic acids is 1. The molecule has 1 fully saturated rings. The maximum absolute atomic E-state index is 12.0. The van der Waals surface area contributed by atoms with Gasteiger partial charge in [-0.05, 0) is 43.4 Å². The fourth-order valence-corrected chi connectivity index (χ4v) is 3.48. The van der Waals surface area contributed by atoms with E-state index in [1.54, 1.807) is 19.0 Å². The fraction of sp³-hybridized carbons (Fsp3) is 0.667. The Hall–Kier alpha value is -1.39. The largest absolute Gasteiger partial charge is 0.379 e. The highest BCUT2D eigenvalue weighted by Gasteiger charge is 2.12. The molecule has 0 spiro atoms. The molecule has 182 valence electrons. The highest BCUT2D eigenvalue weighted by atomic mass is 127. The van der Waals surface area contributed by atoms with Crippen molar-refractivity contribution in [1.82, 2.24) is 20.4 Å². The lowest BCUT2D eigenvalue weighted by Gasteiger charge is -2.26. The second-order valence-corrected chi connectivity index (χ2v) is 8.89. The third kappa shape index (κ3) is 11.0. The molecule has 7 nitrogen and oxygen atoms in total. The van der Waals surface area contributed by atoms with E-state index >= 15 is 0 Å². The highest BCUT2D eigenvalue weighted by molar-refractivity contribution is 14.0. The van der Waals surface area contributed by atoms with Crippen LogP contribution in [-0.4, -0.2) is 81.7 Å². The van der Waals surface area contributed by atoms with E-state index in [9.17, 15) is 4.79 Å². The lowest BCUT2D eigenvalue weighted by atomic mass is 10.00. The number of benzene rings is 1. The summed E-state index contributed by atoms with van der Waals surface area (Å²) in [7, 11) is 3.50. The van der Waals surface area contributed by atoms with Crippen molar-refractivity contribution in [3.05, 3.63) is 35.4 Å². The number of carbonyl (C=O) groups is 1. The van der Waals surface area contributed by atoms with Crippen molar-refractivity contribution >= 4 is 35.8 Å². The Morgan fingerprint density at radius 2 is 1.81 bits per heavy atom. The van der Waals surface area contributed by atoms with Crippen molar-refractivity contribution < 1.29 is 9.53 Å². The summed E-state index contributed by atoms with van der Waals surface area (Å²) >= 11 is 0. The van der Waals surface area contributed by atoms with Crippen molar-refractivity contribution in [3.63, 3.8) is 0 Å². The van der Waals surface area contributed by atoms with Gasteiger partial charge >= 0.3 is 0 Å². The van der Waals surface area contributed by atoms with Gasteiger partial charge in [0.15, 0.2) is 5.96 Å². The summed E-state index contributed by atoms with van der Waals surface area (Å²) in [5.74, 6) is 1.31. The van der Waals surface area contributed by atoms with Crippen molar-refractivity contribution in [3.8, 4) is 0 Å². The second-order valence-electron chi connectivity index (χ2n) is 8.89. The van der Waals surface area contributed by atoms with Gasteiger partial charge in [0.2, 0.25) is 5.91 Å². The predicted molar refractivity (Wildman–Crippen MR) is 143 cm³/mol. The van der Waals surface area contributed by atoms with Gasteiger partial charge in [0, 0.05) is 33.7 Å². The molecule has 1 aromatic rings. The number of nitrogens with zero attached hydrogens (tertiary/aromatic N) is 3. The van der Waals surface area contributed by atoms with Gasteiger partial charge in [-0.3, -0.25) is 9.69 Å². The molecule has 2 N–H and O–H groups in total. The number of nitrogens with one attached hydrogen (secondary N) is 2. The van der Waals surface area contributed by atoms with E-state index in [1.807, 2.05) is 0 Å². The molecule has 0 aliphatic carbocycles. The van der Waals surface area contributed by atoms with Crippen molar-refractivity contribution in [1.29, 1.82) is 0 Å². The van der Waals surface area contributed by atoms with Crippen LogP contribution in [0, 0.1) is 5.92 Å². The molecular weight excluding hydrogens is 517 g/mol. The first-order chi connectivity index (χ1) is 14.8. The minimum Gasteiger partial charge on any atom is -0.379 e. The number of rotatable bonds is 10. The lowest BCUT2D eigenvalue weighted by Crippen LogP contribution is -2.42. The van der Waals surface area contributed by atoms with E-state index in [1.165, 1.54) is 11.1 Å². The zero-order valence-electron chi connectivity index (χ0n) is 20.4. The number of ether oxygens (including phenoxy) is 1. The van der Waals surface area contributed by atoms with Gasteiger partial charge in [-0.1, -0.05) is 38.1 Å². The first kappa shape index (κ1) is 28.6. The van der Waals surface area contributed by atoms with Gasteiger partial charge in [-0.25, -0.2) is 4.99 Å². The first-order valence-corrected chi connectivity index (χ1v) is 11.5. The molecule has 1 aliphatic rings. The summed E-state index contributed by atoms with van der Waals surface area (Å²) in [4.78, 5) is 20.5. The molecule has 8 heteroatoms. The van der Waals surface area contributed by atoms with E-state index in [4.69, 9.17) is 4.74 Å². The fourth-order valence-electron chi connectivity index (χ4n) is 3.48. The Balaban J connectivity index is 0.00000512. The number of halogens is 1. The molecule has 1 aromatic carbocycles. The molecule has 1 aliphatic heterocycles. The molecule has 1 amide bonds. The van der Waals surface area contributed by atoms with Gasteiger partial charge < -0.3 is 20.3 Å². The molecule has 0 radical (unpaired) electrons. The maximum Gasteiger partial charge on any atom is 0.243 e. The van der Waals surface area contributed by atoms with Gasteiger partial charge in [0.25, 0.3) is 0 Å². The number of hydrogen-bond donors (Lipinski definition) is 2. The van der Waals surface area contributed by atoms with Crippen LogP contribution in [0.2, 0.25) is 0 Å².